The highest BCUT2D eigenvalue weighted by molar-refractivity contribution is 6.02. The maximum atomic E-state index is 11.6. The van der Waals surface area contributed by atoms with E-state index in [-0.39, 0.29) is 6.03 Å². The standard InChI is InChI=1S/C20H23N5O/c1-21-20(26)24-18-13-23-17-6-5-14(11-16(17)18)15-7-8-22-19(12-15)25-9-3-2-4-10-25/h5-8,11-13,23H,2-4,9-10H2,1H3,(H2,21,24,26). The quantitative estimate of drug-likeness (QED) is 0.670. The second kappa shape index (κ2) is 7.07. The van der Waals surface area contributed by atoms with E-state index in [1.54, 1.807) is 7.05 Å². The number of H-pyrrole nitrogens is 1. The summed E-state index contributed by atoms with van der Waals surface area (Å²) in [7, 11) is 1.61. The predicted octanol–water partition coefficient (Wildman–Crippen LogP) is 3.97. The van der Waals surface area contributed by atoms with Gasteiger partial charge in [-0.05, 0) is 54.7 Å². The van der Waals surface area contributed by atoms with Crippen LogP contribution in [0.5, 0.6) is 0 Å². The molecule has 1 aromatic carbocycles. The number of pyridine rings is 1. The van der Waals surface area contributed by atoms with Gasteiger partial charge in [0.15, 0.2) is 0 Å². The summed E-state index contributed by atoms with van der Waals surface area (Å²) in [6.07, 6.45) is 7.46. The molecule has 6 nitrogen and oxygen atoms in total. The molecule has 26 heavy (non-hydrogen) atoms. The number of hydrogen-bond donors (Lipinski definition) is 3. The molecule has 0 saturated carbocycles. The number of nitrogens with zero attached hydrogens (tertiary/aromatic N) is 2. The summed E-state index contributed by atoms with van der Waals surface area (Å²) in [5.74, 6) is 1.04. The zero-order chi connectivity index (χ0) is 17.9. The van der Waals surface area contributed by atoms with Crippen molar-refractivity contribution in [3.05, 3.63) is 42.7 Å². The highest BCUT2D eigenvalue weighted by atomic mass is 16.2. The van der Waals surface area contributed by atoms with Crippen LogP contribution < -0.4 is 15.5 Å². The smallest absolute Gasteiger partial charge is 0.319 e. The molecule has 1 saturated heterocycles. The third-order valence-corrected chi connectivity index (χ3v) is 4.92. The normalized spacial score (nSPS) is 14.4. The Balaban J connectivity index is 1.68. The maximum Gasteiger partial charge on any atom is 0.319 e. The third kappa shape index (κ3) is 3.22. The van der Waals surface area contributed by atoms with Crippen LogP contribution in [0.25, 0.3) is 22.0 Å². The van der Waals surface area contributed by atoms with Gasteiger partial charge >= 0.3 is 6.03 Å². The van der Waals surface area contributed by atoms with Crippen LogP contribution >= 0.6 is 0 Å². The molecular weight excluding hydrogens is 326 g/mol. The highest BCUT2D eigenvalue weighted by Crippen LogP contribution is 2.30. The molecular formula is C20H23N5O. The number of fused-ring (bicyclic) bond motifs is 1. The molecule has 0 unspecified atom stereocenters. The van der Waals surface area contributed by atoms with Gasteiger partial charge in [0.05, 0.1) is 5.69 Å². The lowest BCUT2D eigenvalue weighted by molar-refractivity contribution is 0.254. The van der Waals surface area contributed by atoms with E-state index in [0.29, 0.717) is 0 Å². The number of rotatable bonds is 3. The largest absolute Gasteiger partial charge is 0.359 e. The van der Waals surface area contributed by atoms with Crippen LogP contribution in [0, 0.1) is 0 Å². The van der Waals surface area contributed by atoms with Gasteiger partial charge in [-0.3, -0.25) is 0 Å². The molecule has 3 heterocycles. The summed E-state index contributed by atoms with van der Waals surface area (Å²) in [5, 5.41) is 6.42. The van der Waals surface area contributed by atoms with Gasteiger partial charge in [0.1, 0.15) is 5.82 Å². The summed E-state index contributed by atoms with van der Waals surface area (Å²) < 4.78 is 0. The number of anilines is 2. The number of benzene rings is 1. The molecule has 0 aliphatic carbocycles. The Morgan fingerprint density at radius 1 is 1.12 bits per heavy atom. The molecule has 2 amide bonds. The van der Waals surface area contributed by atoms with Gasteiger partial charge in [-0.2, -0.15) is 0 Å². The van der Waals surface area contributed by atoms with E-state index in [1.165, 1.54) is 19.3 Å². The van der Waals surface area contributed by atoms with Crippen LogP contribution in [0.1, 0.15) is 19.3 Å². The van der Waals surface area contributed by atoms with Crippen molar-refractivity contribution in [2.24, 2.45) is 0 Å². The molecule has 0 radical (unpaired) electrons. The minimum atomic E-state index is -0.229. The fraction of sp³-hybridized carbons (Fsp3) is 0.300. The molecule has 0 atom stereocenters. The Kier molecular flexibility index (Phi) is 4.48. The van der Waals surface area contributed by atoms with Crippen molar-refractivity contribution in [2.75, 3.05) is 30.4 Å². The number of carbonyl (C=O) groups is 1. The van der Waals surface area contributed by atoms with Crippen LogP contribution in [0.4, 0.5) is 16.3 Å². The fourth-order valence-corrected chi connectivity index (χ4v) is 3.48. The molecule has 134 valence electrons. The van der Waals surface area contributed by atoms with Gasteiger partial charge in [0, 0.05) is 43.4 Å². The van der Waals surface area contributed by atoms with Crippen molar-refractivity contribution < 1.29 is 4.79 Å². The van der Waals surface area contributed by atoms with Crippen LogP contribution in [0.15, 0.2) is 42.7 Å². The zero-order valence-electron chi connectivity index (χ0n) is 14.9. The molecule has 1 aliphatic rings. The van der Waals surface area contributed by atoms with Gasteiger partial charge in [0.2, 0.25) is 0 Å². The van der Waals surface area contributed by atoms with E-state index < -0.39 is 0 Å². The molecule has 6 heteroatoms. The van der Waals surface area contributed by atoms with E-state index in [4.69, 9.17) is 0 Å². The number of amides is 2. The first-order chi connectivity index (χ1) is 12.7. The zero-order valence-corrected chi connectivity index (χ0v) is 14.9. The minimum Gasteiger partial charge on any atom is -0.359 e. The Hall–Kier alpha value is -3.02. The maximum absolute atomic E-state index is 11.6. The highest BCUT2D eigenvalue weighted by Gasteiger charge is 2.13. The average molecular weight is 349 g/mol. The molecule has 1 fully saturated rings. The number of piperidine rings is 1. The van der Waals surface area contributed by atoms with E-state index >= 15 is 0 Å². The van der Waals surface area contributed by atoms with Gasteiger partial charge in [-0.1, -0.05) is 6.07 Å². The number of urea groups is 1. The Bertz CT molecular complexity index is 927. The Morgan fingerprint density at radius 2 is 1.92 bits per heavy atom. The lowest BCUT2D eigenvalue weighted by atomic mass is 10.0. The predicted molar refractivity (Wildman–Crippen MR) is 106 cm³/mol. The number of hydrogen-bond acceptors (Lipinski definition) is 3. The van der Waals surface area contributed by atoms with Crippen molar-refractivity contribution in [2.45, 2.75) is 19.3 Å². The molecule has 3 aromatic rings. The Labute approximate surface area is 152 Å². The number of aromatic amines is 1. The number of carbonyl (C=O) groups excluding carboxylic acids is 1. The van der Waals surface area contributed by atoms with Crippen molar-refractivity contribution in [1.29, 1.82) is 0 Å². The average Bonchev–Trinajstić information content (AvgIpc) is 3.10. The lowest BCUT2D eigenvalue weighted by Crippen LogP contribution is -2.30. The SMILES string of the molecule is CNC(=O)Nc1c[nH]c2ccc(-c3ccnc(N4CCCCC4)c3)cc12. The first kappa shape index (κ1) is 16.4. The van der Waals surface area contributed by atoms with Gasteiger partial charge in [-0.15, -0.1) is 0 Å². The van der Waals surface area contributed by atoms with Crippen LogP contribution in [-0.4, -0.2) is 36.1 Å². The molecule has 2 aromatic heterocycles. The topological polar surface area (TPSA) is 73.0 Å². The van der Waals surface area contributed by atoms with E-state index in [9.17, 15) is 4.79 Å². The summed E-state index contributed by atoms with van der Waals surface area (Å²) in [6, 6.07) is 10.2. The molecule has 3 N–H and O–H groups in total. The first-order valence-electron chi connectivity index (χ1n) is 9.06. The van der Waals surface area contributed by atoms with Crippen LogP contribution in [-0.2, 0) is 0 Å². The molecule has 0 bridgehead atoms. The first-order valence-corrected chi connectivity index (χ1v) is 9.06. The second-order valence-corrected chi connectivity index (χ2v) is 6.62. The van der Waals surface area contributed by atoms with Crippen molar-refractivity contribution >= 4 is 28.4 Å². The van der Waals surface area contributed by atoms with Gasteiger partial charge in [0.25, 0.3) is 0 Å². The van der Waals surface area contributed by atoms with E-state index in [0.717, 1.165) is 46.6 Å². The summed E-state index contributed by atoms with van der Waals surface area (Å²) in [5.41, 5.74) is 4.00. The fourth-order valence-electron chi connectivity index (χ4n) is 3.48. The van der Waals surface area contributed by atoms with Crippen molar-refractivity contribution in [3.63, 3.8) is 0 Å². The molecule has 4 rings (SSSR count). The summed E-state index contributed by atoms with van der Waals surface area (Å²) >= 11 is 0. The summed E-state index contributed by atoms with van der Waals surface area (Å²) in [4.78, 5) is 21.8. The monoisotopic (exact) mass is 349 g/mol. The number of aromatic nitrogens is 2. The van der Waals surface area contributed by atoms with Gasteiger partial charge < -0.3 is 20.5 Å². The third-order valence-electron chi connectivity index (χ3n) is 4.92. The van der Waals surface area contributed by atoms with E-state index in [2.05, 4.69) is 43.7 Å². The summed E-state index contributed by atoms with van der Waals surface area (Å²) in [6.45, 7) is 2.15. The van der Waals surface area contributed by atoms with Crippen molar-refractivity contribution in [3.8, 4) is 11.1 Å². The minimum absolute atomic E-state index is 0.229. The Morgan fingerprint density at radius 3 is 2.73 bits per heavy atom. The van der Waals surface area contributed by atoms with Crippen LogP contribution in [0.2, 0.25) is 0 Å². The molecule has 1 aliphatic heterocycles. The number of nitrogens with one attached hydrogen (secondary N) is 3. The lowest BCUT2D eigenvalue weighted by Gasteiger charge is -2.27. The van der Waals surface area contributed by atoms with Gasteiger partial charge in [-0.25, -0.2) is 9.78 Å². The molecule has 0 spiro atoms. The van der Waals surface area contributed by atoms with Crippen LogP contribution in [0.3, 0.4) is 0 Å². The van der Waals surface area contributed by atoms with Crippen molar-refractivity contribution in [1.82, 2.24) is 15.3 Å². The second-order valence-electron chi connectivity index (χ2n) is 6.62. The van der Waals surface area contributed by atoms with E-state index in [1.807, 2.05) is 24.5 Å².